The molecule has 0 radical (unpaired) electrons. The summed E-state index contributed by atoms with van der Waals surface area (Å²) < 4.78 is 0. The van der Waals surface area contributed by atoms with E-state index in [1.165, 1.54) is 11.1 Å². The third-order valence-electron chi connectivity index (χ3n) is 2.02. The molecule has 0 aliphatic rings. The molecule has 2 heteroatoms. The first kappa shape index (κ1) is 11.3. The minimum absolute atomic E-state index is 0.329. The van der Waals surface area contributed by atoms with Crippen LogP contribution in [0.3, 0.4) is 0 Å². The van der Waals surface area contributed by atoms with Gasteiger partial charge < -0.3 is 5.11 Å². The number of rotatable bonds is 4. The van der Waals surface area contributed by atoms with Crippen molar-refractivity contribution in [1.29, 1.82) is 0 Å². The van der Waals surface area contributed by atoms with E-state index in [0.717, 1.165) is 18.2 Å². The number of benzene rings is 1. The van der Waals surface area contributed by atoms with Crippen LogP contribution in [0.1, 0.15) is 18.9 Å². The van der Waals surface area contributed by atoms with Crippen molar-refractivity contribution in [2.24, 2.45) is 0 Å². The second kappa shape index (κ2) is 5.86. The Morgan fingerprint density at radius 3 is 2.57 bits per heavy atom. The van der Waals surface area contributed by atoms with Crippen LogP contribution in [-0.4, -0.2) is 10.4 Å². The molecular weight excluding hydrogens is 240 g/mol. The van der Waals surface area contributed by atoms with Gasteiger partial charge in [0.2, 0.25) is 0 Å². The highest BCUT2D eigenvalue weighted by atomic mass is 79.9. The van der Waals surface area contributed by atoms with Crippen molar-refractivity contribution >= 4 is 15.9 Å². The van der Waals surface area contributed by atoms with Gasteiger partial charge in [0.15, 0.2) is 0 Å². The van der Waals surface area contributed by atoms with Crippen LogP contribution in [0, 0.1) is 0 Å². The molecular formula is C12H15BrO. The lowest BCUT2D eigenvalue weighted by Gasteiger charge is -2.01. The van der Waals surface area contributed by atoms with Crippen LogP contribution < -0.4 is 0 Å². The van der Waals surface area contributed by atoms with E-state index in [-0.39, 0.29) is 0 Å². The van der Waals surface area contributed by atoms with Crippen molar-refractivity contribution in [1.82, 2.24) is 0 Å². The van der Waals surface area contributed by atoms with Crippen LogP contribution in [0.5, 0.6) is 5.75 Å². The molecule has 14 heavy (non-hydrogen) atoms. The summed E-state index contributed by atoms with van der Waals surface area (Å²) in [5.41, 5.74) is 2.61. The van der Waals surface area contributed by atoms with Crippen molar-refractivity contribution in [3.63, 3.8) is 0 Å². The fourth-order valence-electron chi connectivity index (χ4n) is 1.31. The van der Waals surface area contributed by atoms with Crippen molar-refractivity contribution < 1.29 is 5.11 Å². The molecule has 0 aromatic heterocycles. The zero-order valence-electron chi connectivity index (χ0n) is 8.33. The van der Waals surface area contributed by atoms with Gasteiger partial charge in [-0.15, -0.1) is 0 Å². The van der Waals surface area contributed by atoms with E-state index in [4.69, 9.17) is 5.11 Å². The minimum Gasteiger partial charge on any atom is -0.508 e. The molecule has 1 rings (SSSR count). The molecule has 1 aromatic rings. The van der Waals surface area contributed by atoms with E-state index < -0.39 is 0 Å². The Bertz CT molecular complexity index is 301. The molecule has 0 atom stereocenters. The molecule has 1 aromatic carbocycles. The lowest BCUT2D eigenvalue weighted by atomic mass is 10.1. The molecule has 0 aliphatic heterocycles. The zero-order chi connectivity index (χ0) is 10.4. The Balaban J connectivity index is 2.56. The topological polar surface area (TPSA) is 20.2 Å². The fourth-order valence-corrected chi connectivity index (χ4v) is 1.54. The molecule has 0 bridgehead atoms. The average molecular weight is 255 g/mol. The molecule has 0 saturated heterocycles. The molecule has 1 nitrogen and oxygen atoms in total. The SMILES string of the molecule is CC(=CCCBr)Cc1ccc(O)cc1. The minimum atomic E-state index is 0.329. The van der Waals surface area contributed by atoms with Gasteiger partial charge in [0.1, 0.15) is 5.75 Å². The van der Waals surface area contributed by atoms with Gasteiger partial charge in [0.05, 0.1) is 0 Å². The Morgan fingerprint density at radius 2 is 2.00 bits per heavy atom. The third kappa shape index (κ3) is 3.97. The number of phenolic OH excluding ortho intramolecular Hbond substituents is 1. The van der Waals surface area contributed by atoms with Gasteiger partial charge in [-0.1, -0.05) is 39.7 Å². The van der Waals surface area contributed by atoms with E-state index in [1.54, 1.807) is 12.1 Å². The van der Waals surface area contributed by atoms with Crippen LogP contribution in [0.15, 0.2) is 35.9 Å². The third-order valence-corrected chi connectivity index (χ3v) is 2.48. The first-order chi connectivity index (χ1) is 6.72. The monoisotopic (exact) mass is 254 g/mol. The molecule has 1 N–H and O–H groups in total. The standard InChI is InChI=1S/C12H15BrO/c1-10(3-2-8-13)9-11-4-6-12(14)7-5-11/h3-7,14H,2,8-9H2,1H3. The van der Waals surface area contributed by atoms with Gasteiger partial charge in [-0.25, -0.2) is 0 Å². The molecule has 0 unspecified atom stereocenters. The summed E-state index contributed by atoms with van der Waals surface area (Å²) >= 11 is 3.40. The van der Waals surface area contributed by atoms with Gasteiger partial charge in [-0.3, -0.25) is 0 Å². The lowest BCUT2D eigenvalue weighted by Crippen LogP contribution is -1.86. The summed E-state index contributed by atoms with van der Waals surface area (Å²) in [6, 6.07) is 7.38. The quantitative estimate of drug-likeness (QED) is 0.643. The Kier molecular flexibility index (Phi) is 4.74. The maximum Gasteiger partial charge on any atom is 0.115 e. The number of phenols is 1. The molecule has 0 spiro atoms. The molecule has 0 saturated carbocycles. The number of halogens is 1. The van der Waals surface area contributed by atoms with Gasteiger partial charge in [-0.2, -0.15) is 0 Å². The maximum atomic E-state index is 9.11. The predicted molar refractivity (Wildman–Crippen MR) is 64.0 cm³/mol. The van der Waals surface area contributed by atoms with Crippen molar-refractivity contribution in [2.75, 3.05) is 5.33 Å². The summed E-state index contributed by atoms with van der Waals surface area (Å²) in [7, 11) is 0. The van der Waals surface area contributed by atoms with Crippen LogP contribution in [-0.2, 0) is 6.42 Å². The Morgan fingerprint density at radius 1 is 1.36 bits per heavy atom. The highest BCUT2D eigenvalue weighted by Gasteiger charge is 1.94. The van der Waals surface area contributed by atoms with Crippen molar-refractivity contribution in [3.05, 3.63) is 41.5 Å². The molecule has 0 aliphatic carbocycles. The first-order valence-electron chi connectivity index (χ1n) is 4.72. The molecule has 0 fully saturated rings. The Hall–Kier alpha value is -0.760. The number of aromatic hydroxyl groups is 1. The van der Waals surface area contributed by atoms with Gasteiger partial charge in [-0.05, 0) is 37.5 Å². The largest absolute Gasteiger partial charge is 0.508 e. The lowest BCUT2D eigenvalue weighted by molar-refractivity contribution is 0.475. The number of allylic oxidation sites excluding steroid dienone is 2. The summed E-state index contributed by atoms with van der Waals surface area (Å²) in [5.74, 6) is 0.329. The summed E-state index contributed by atoms with van der Waals surface area (Å²) in [5, 5.41) is 10.1. The average Bonchev–Trinajstić information content (AvgIpc) is 2.18. The number of hydrogen-bond donors (Lipinski definition) is 1. The van der Waals surface area contributed by atoms with E-state index in [9.17, 15) is 0 Å². The van der Waals surface area contributed by atoms with E-state index >= 15 is 0 Å². The van der Waals surface area contributed by atoms with E-state index in [0.29, 0.717) is 5.75 Å². The van der Waals surface area contributed by atoms with Crippen molar-refractivity contribution in [2.45, 2.75) is 19.8 Å². The summed E-state index contributed by atoms with van der Waals surface area (Å²) in [6.07, 6.45) is 4.28. The fraction of sp³-hybridized carbons (Fsp3) is 0.333. The maximum absolute atomic E-state index is 9.11. The molecule has 0 heterocycles. The van der Waals surface area contributed by atoms with Gasteiger partial charge >= 0.3 is 0 Å². The zero-order valence-corrected chi connectivity index (χ0v) is 9.92. The Labute approximate surface area is 93.6 Å². The van der Waals surface area contributed by atoms with E-state index in [2.05, 4.69) is 28.9 Å². The number of alkyl halides is 1. The predicted octanol–water partition coefficient (Wildman–Crippen LogP) is 3.67. The number of hydrogen-bond acceptors (Lipinski definition) is 1. The molecule has 76 valence electrons. The van der Waals surface area contributed by atoms with Crippen LogP contribution in [0.25, 0.3) is 0 Å². The first-order valence-corrected chi connectivity index (χ1v) is 5.84. The van der Waals surface area contributed by atoms with Crippen LogP contribution in [0.2, 0.25) is 0 Å². The molecule has 0 amide bonds. The summed E-state index contributed by atoms with van der Waals surface area (Å²) in [4.78, 5) is 0. The summed E-state index contributed by atoms with van der Waals surface area (Å²) in [6.45, 7) is 2.13. The highest BCUT2D eigenvalue weighted by Crippen LogP contribution is 2.13. The second-order valence-electron chi connectivity index (χ2n) is 3.37. The van der Waals surface area contributed by atoms with Crippen molar-refractivity contribution in [3.8, 4) is 5.75 Å². The highest BCUT2D eigenvalue weighted by molar-refractivity contribution is 9.09. The normalized spacial score (nSPS) is 11.7. The van der Waals surface area contributed by atoms with Gasteiger partial charge in [0.25, 0.3) is 0 Å². The van der Waals surface area contributed by atoms with Crippen LogP contribution in [0.4, 0.5) is 0 Å². The van der Waals surface area contributed by atoms with Gasteiger partial charge in [0, 0.05) is 5.33 Å². The van der Waals surface area contributed by atoms with E-state index in [1.807, 2.05) is 12.1 Å². The van der Waals surface area contributed by atoms with Crippen LogP contribution >= 0.6 is 15.9 Å². The second-order valence-corrected chi connectivity index (χ2v) is 4.16. The smallest absolute Gasteiger partial charge is 0.115 e.